The fourth-order valence-corrected chi connectivity index (χ4v) is 6.54. The van der Waals surface area contributed by atoms with Crippen LogP contribution in [0.15, 0.2) is 22.8 Å². The fourth-order valence-electron chi connectivity index (χ4n) is 6.54. The Balaban J connectivity index is 1.53. The molecule has 4 amide bonds. The first-order valence-corrected chi connectivity index (χ1v) is 16.5. The minimum atomic E-state index is -0.922. The maximum absolute atomic E-state index is 15.6. The zero-order valence-electron chi connectivity index (χ0n) is 27.7. The van der Waals surface area contributed by atoms with Gasteiger partial charge in [0, 0.05) is 37.5 Å². The smallest absolute Gasteiger partial charge is 0.276 e. The van der Waals surface area contributed by atoms with Gasteiger partial charge in [0.05, 0.1) is 5.69 Å². The number of rotatable bonds is 11. The third-order valence-corrected chi connectivity index (χ3v) is 9.26. The number of hydrogen-bond acceptors (Lipinski definition) is 8. The van der Waals surface area contributed by atoms with Gasteiger partial charge in [-0.2, -0.15) is 0 Å². The molecule has 13 heteroatoms. The molecule has 1 saturated carbocycles. The molecular weight excluding hydrogens is 593 g/mol. The normalized spacial score (nSPS) is 23.6. The molecule has 0 spiro atoms. The molecule has 1 aromatic carbocycles. The molecule has 4 rings (SSSR count). The predicted octanol–water partition coefficient (Wildman–Crippen LogP) is 3.54. The number of aryl methyl sites for hydroxylation is 1. The summed E-state index contributed by atoms with van der Waals surface area (Å²) in [5.74, 6) is -2.46. The van der Waals surface area contributed by atoms with Crippen molar-refractivity contribution in [3.8, 4) is 0 Å². The van der Waals surface area contributed by atoms with Gasteiger partial charge in [-0.1, -0.05) is 51.8 Å². The minimum Gasteiger partial charge on any atom is -0.344 e. The lowest BCUT2D eigenvalue weighted by atomic mass is 9.79. The largest absolute Gasteiger partial charge is 0.344 e. The van der Waals surface area contributed by atoms with E-state index < -0.39 is 35.6 Å². The van der Waals surface area contributed by atoms with Crippen LogP contribution in [-0.2, 0) is 20.8 Å². The third-order valence-electron chi connectivity index (χ3n) is 9.26. The van der Waals surface area contributed by atoms with Gasteiger partial charge in [-0.3, -0.25) is 19.2 Å². The van der Waals surface area contributed by atoms with Crippen molar-refractivity contribution in [1.82, 2.24) is 31.2 Å². The molecule has 1 aliphatic carbocycles. The first-order chi connectivity index (χ1) is 21.9. The molecule has 2 aromatic rings. The summed E-state index contributed by atoms with van der Waals surface area (Å²) in [5.41, 5.74) is 0.862. The van der Waals surface area contributed by atoms with Gasteiger partial charge in [0.25, 0.3) is 5.91 Å². The highest BCUT2D eigenvalue weighted by atomic mass is 19.1. The lowest BCUT2D eigenvalue weighted by molar-refractivity contribution is -0.138. The number of hydrogen-bond donors (Lipinski definition) is 4. The molecule has 0 bridgehead atoms. The van der Waals surface area contributed by atoms with E-state index in [-0.39, 0.29) is 47.6 Å². The number of nitrogens with one attached hydrogen (secondary N) is 4. The second-order valence-corrected chi connectivity index (χ2v) is 13.0. The molecule has 2 aliphatic rings. The average molecular weight is 642 g/mol. The highest BCUT2D eigenvalue weighted by Crippen LogP contribution is 2.32. The molecule has 0 unspecified atom stereocenters. The summed E-state index contributed by atoms with van der Waals surface area (Å²) in [6, 6.07) is 2.76. The number of halogens is 1. The van der Waals surface area contributed by atoms with Crippen LogP contribution in [0.5, 0.6) is 0 Å². The van der Waals surface area contributed by atoms with Gasteiger partial charge < -0.3 is 26.2 Å². The van der Waals surface area contributed by atoms with Crippen molar-refractivity contribution in [2.45, 2.75) is 110 Å². The lowest BCUT2D eigenvalue weighted by Gasteiger charge is -2.39. The Bertz CT molecular complexity index is 1380. The maximum atomic E-state index is 15.6. The van der Waals surface area contributed by atoms with E-state index >= 15 is 4.39 Å². The Hall–Kier alpha value is -3.87. The third kappa shape index (κ3) is 8.48. The number of piperazine rings is 1. The van der Waals surface area contributed by atoms with Crippen molar-refractivity contribution in [1.29, 1.82) is 0 Å². The van der Waals surface area contributed by atoms with E-state index in [1.807, 2.05) is 20.8 Å². The van der Waals surface area contributed by atoms with Gasteiger partial charge in [0.2, 0.25) is 17.7 Å². The van der Waals surface area contributed by atoms with Crippen molar-refractivity contribution in [3.63, 3.8) is 0 Å². The topological polar surface area (TPSA) is 159 Å². The summed E-state index contributed by atoms with van der Waals surface area (Å²) < 4.78 is 20.4. The van der Waals surface area contributed by atoms with Crippen LogP contribution in [0.3, 0.4) is 0 Å². The highest BCUT2D eigenvalue weighted by Gasteiger charge is 2.36. The maximum Gasteiger partial charge on any atom is 0.276 e. The molecule has 2 heterocycles. The lowest BCUT2D eigenvalue weighted by Crippen LogP contribution is -2.60. The molecule has 2 fully saturated rings. The van der Waals surface area contributed by atoms with E-state index in [0.29, 0.717) is 36.7 Å². The number of carbonyl (C=O) groups is 4. The van der Waals surface area contributed by atoms with Crippen LogP contribution in [0.2, 0.25) is 0 Å². The van der Waals surface area contributed by atoms with Gasteiger partial charge in [-0.05, 0) is 67.8 Å². The number of aromatic nitrogens is 2. The van der Waals surface area contributed by atoms with Gasteiger partial charge in [0.15, 0.2) is 5.69 Å². The summed E-state index contributed by atoms with van der Waals surface area (Å²) in [6.45, 7) is 12.5. The zero-order valence-corrected chi connectivity index (χ0v) is 27.7. The van der Waals surface area contributed by atoms with Gasteiger partial charge in [0.1, 0.15) is 23.6 Å². The summed E-state index contributed by atoms with van der Waals surface area (Å²) >= 11 is 0. The van der Waals surface area contributed by atoms with Crippen molar-refractivity contribution in [2.75, 3.05) is 18.4 Å². The van der Waals surface area contributed by atoms with E-state index in [4.69, 9.17) is 4.63 Å². The van der Waals surface area contributed by atoms with Crippen molar-refractivity contribution < 1.29 is 28.2 Å². The standard InChI is InChI=1S/C33H48FN7O5/c1-7-25-30(40-46-39-25)32(44)38-29(22-11-9-18(3)10-12-22)31(43)36-26-14-13-23(15-24(26)34)21(6)28(37-27(42)8-2)33(45)41-16-19(4)35-20(5)17-41/h13-15,18-22,28-29,35H,7-12,16-17H2,1-6H3,(H,36,43)(H,37,42)(H,38,44)/t18-,19-,20+,21-,22-,28+,29-/m0/s1. The number of benzene rings is 1. The van der Waals surface area contributed by atoms with E-state index in [1.54, 1.807) is 24.8 Å². The quantitative estimate of drug-likeness (QED) is 0.290. The Morgan fingerprint density at radius 2 is 1.70 bits per heavy atom. The summed E-state index contributed by atoms with van der Waals surface area (Å²) in [7, 11) is 0. The molecule has 252 valence electrons. The first kappa shape index (κ1) is 35.0. The van der Waals surface area contributed by atoms with E-state index in [2.05, 4.69) is 38.5 Å². The number of anilines is 1. The van der Waals surface area contributed by atoms with E-state index in [0.717, 1.165) is 25.7 Å². The summed E-state index contributed by atoms with van der Waals surface area (Å²) in [5, 5.41) is 19.2. The molecule has 4 N–H and O–H groups in total. The Morgan fingerprint density at radius 1 is 1.02 bits per heavy atom. The molecule has 46 heavy (non-hydrogen) atoms. The molecule has 5 atom stereocenters. The van der Waals surface area contributed by atoms with Crippen molar-refractivity contribution in [2.24, 2.45) is 11.8 Å². The summed E-state index contributed by atoms with van der Waals surface area (Å²) in [4.78, 5) is 54.7. The van der Waals surface area contributed by atoms with Gasteiger partial charge >= 0.3 is 0 Å². The Morgan fingerprint density at radius 3 is 2.30 bits per heavy atom. The van der Waals surface area contributed by atoms with Crippen molar-refractivity contribution >= 4 is 29.3 Å². The zero-order chi connectivity index (χ0) is 33.5. The first-order valence-electron chi connectivity index (χ1n) is 16.5. The van der Waals surface area contributed by atoms with Crippen molar-refractivity contribution in [3.05, 3.63) is 41.0 Å². The number of nitrogens with zero attached hydrogens (tertiary/aromatic N) is 3. The Labute approximate surface area is 270 Å². The summed E-state index contributed by atoms with van der Waals surface area (Å²) in [6.07, 6.45) is 3.94. The van der Waals surface area contributed by atoms with Crippen LogP contribution in [-0.4, -0.2) is 76.1 Å². The van der Waals surface area contributed by atoms with Crippen LogP contribution >= 0.6 is 0 Å². The fraction of sp³-hybridized carbons (Fsp3) is 0.636. The van der Waals surface area contributed by atoms with Crippen LogP contribution in [0.1, 0.15) is 101 Å². The Kier molecular flexibility index (Phi) is 11.9. The SMILES string of the molecule is CCC(=O)N[C@@H](C(=O)N1C[C@@H](C)N[C@@H](C)C1)[C@@H](C)c1ccc(NC(=O)[C@@H](NC(=O)c2nonc2CC)[C@H]2CC[C@H](C)CC2)c(F)c1. The van der Waals surface area contributed by atoms with Crippen LogP contribution < -0.4 is 21.3 Å². The predicted molar refractivity (Wildman–Crippen MR) is 170 cm³/mol. The molecule has 1 aliphatic heterocycles. The van der Waals surface area contributed by atoms with E-state index in [1.165, 1.54) is 12.1 Å². The monoisotopic (exact) mass is 641 g/mol. The minimum absolute atomic E-state index is 0.0259. The second-order valence-electron chi connectivity index (χ2n) is 13.0. The second kappa shape index (κ2) is 15.6. The molecular formula is C33H48FN7O5. The van der Waals surface area contributed by atoms with Crippen LogP contribution in [0.25, 0.3) is 0 Å². The molecule has 1 aromatic heterocycles. The molecule has 1 saturated heterocycles. The number of amides is 4. The van der Waals surface area contributed by atoms with Crippen LogP contribution in [0.4, 0.5) is 10.1 Å². The average Bonchev–Trinajstić information content (AvgIpc) is 3.52. The van der Waals surface area contributed by atoms with E-state index in [9.17, 15) is 19.2 Å². The highest BCUT2D eigenvalue weighted by molar-refractivity contribution is 6.01. The molecule has 12 nitrogen and oxygen atoms in total. The number of carbonyl (C=O) groups excluding carboxylic acids is 4. The molecule has 0 radical (unpaired) electrons. The van der Waals surface area contributed by atoms with Crippen LogP contribution in [0, 0.1) is 17.7 Å². The van der Waals surface area contributed by atoms with Gasteiger partial charge in [-0.25, -0.2) is 9.02 Å². The van der Waals surface area contributed by atoms with Gasteiger partial charge in [-0.15, -0.1) is 0 Å².